The molecule has 0 aromatic heterocycles. The van der Waals surface area contributed by atoms with Crippen molar-refractivity contribution in [1.29, 1.82) is 0 Å². The Bertz CT molecular complexity index is 798. The number of Topliss-reactive ketones (excluding diaryl/α,β-unsaturated/α-hetero) is 1. The molecule has 0 amide bonds. The lowest BCUT2D eigenvalue weighted by atomic mass is 10.0. The maximum Gasteiger partial charge on any atom is 0.175 e. The maximum atomic E-state index is 12.3. The van der Waals surface area contributed by atoms with Gasteiger partial charge in [-0.05, 0) is 35.9 Å². The topological polar surface area (TPSA) is 51.2 Å². The smallest absolute Gasteiger partial charge is 0.175 e. The number of sulfone groups is 1. The molecule has 0 aliphatic carbocycles. The van der Waals surface area contributed by atoms with E-state index in [1.54, 1.807) is 30.3 Å². The fourth-order valence-electron chi connectivity index (χ4n) is 1.85. The third kappa shape index (κ3) is 4.06. The molecule has 0 saturated carbocycles. The number of halogens is 2. The summed E-state index contributed by atoms with van der Waals surface area (Å²) in [5.74, 6) is -0.218. The van der Waals surface area contributed by atoms with Gasteiger partial charge in [-0.1, -0.05) is 35.3 Å². The van der Waals surface area contributed by atoms with Crippen LogP contribution < -0.4 is 0 Å². The highest BCUT2D eigenvalue weighted by molar-refractivity contribution is 7.90. The molecule has 0 N–H and O–H groups in total. The largest absolute Gasteiger partial charge is 0.294 e. The van der Waals surface area contributed by atoms with Gasteiger partial charge in [0.25, 0.3) is 0 Å². The third-order valence-corrected chi connectivity index (χ3v) is 4.66. The van der Waals surface area contributed by atoms with Gasteiger partial charge in [-0.3, -0.25) is 4.79 Å². The SMILES string of the molecule is CS(=O)(=O)c1cccc(C(=O)Cc2cc(Cl)ccc2Cl)c1. The van der Waals surface area contributed by atoms with Crippen molar-refractivity contribution in [3.63, 3.8) is 0 Å². The number of benzene rings is 2. The minimum absolute atomic E-state index is 0.0621. The van der Waals surface area contributed by atoms with Crippen LogP contribution in [0.5, 0.6) is 0 Å². The molecule has 0 aliphatic rings. The summed E-state index contributed by atoms with van der Waals surface area (Å²) in [6.07, 6.45) is 1.16. The number of hydrogen-bond donors (Lipinski definition) is 0. The van der Waals surface area contributed by atoms with E-state index in [2.05, 4.69) is 0 Å². The second-order valence-electron chi connectivity index (χ2n) is 4.64. The molecule has 0 heterocycles. The van der Waals surface area contributed by atoms with E-state index in [0.29, 0.717) is 21.2 Å². The standard InChI is InChI=1S/C15H12Cl2O3S/c1-21(19,20)13-4-2-3-10(8-13)15(18)9-11-7-12(16)5-6-14(11)17/h2-8H,9H2,1H3. The normalized spacial score (nSPS) is 11.4. The molecular formula is C15H12Cl2O3S. The van der Waals surface area contributed by atoms with E-state index in [4.69, 9.17) is 23.2 Å². The van der Waals surface area contributed by atoms with Crippen molar-refractivity contribution in [1.82, 2.24) is 0 Å². The Hall–Kier alpha value is -1.36. The fraction of sp³-hybridized carbons (Fsp3) is 0.133. The van der Waals surface area contributed by atoms with Gasteiger partial charge in [0, 0.05) is 28.3 Å². The molecule has 3 nitrogen and oxygen atoms in total. The van der Waals surface area contributed by atoms with Gasteiger partial charge in [0.15, 0.2) is 15.6 Å². The van der Waals surface area contributed by atoms with Crippen LogP contribution in [-0.4, -0.2) is 20.5 Å². The molecule has 110 valence electrons. The number of hydrogen-bond acceptors (Lipinski definition) is 3. The maximum absolute atomic E-state index is 12.3. The summed E-state index contributed by atoms with van der Waals surface area (Å²) in [4.78, 5) is 12.4. The highest BCUT2D eigenvalue weighted by Gasteiger charge is 2.13. The summed E-state index contributed by atoms with van der Waals surface area (Å²) in [7, 11) is -3.35. The van der Waals surface area contributed by atoms with Crippen molar-refractivity contribution in [2.45, 2.75) is 11.3 Å². The van der Waals surface area contributed by atoms with Crippen LogP contribution in [0.2, 0.25) is 10.0 Å². The van der Waals surface area contributed by atoms with Crippen LogP contribution in [0, 0.1) is 0 Å². The van der Waals surface area contributed by atoms with Crippen molar-refractivity contribution in [3.05, 3.63) is 63.6 Å². The third-order valence-electron chi connectivity index (χ3n) is 2.94. The lowest BCUT2D eigenvalue weighted by Gasteiger charge is -2.06. The predicted octanol–water partition coefficient (Wildman–Crippen LogP) is 3.82. The molecule has 0 bridgehead atoms. The van der Waals surface area contributed by atoms with Crippen LogP contribution in [0.15, 0.2) is 47.4 Å². The summed E-state index contributed by atoms with van der Waals surface area (Å²) in [5, 5.41) is 0.944. The number of carbonyl (C=O) groups is 1. The first kappa shape index (κ1) is 16.0. The average Bonchev–Trinajstić information content (AvgIpc) is 2.42. The summed E-state index contributed by atoms with van der Waals surface area (Å²) >= 11 is 11.9. The molecule has 21 heavy (non-hydrogen) atoms. The Balaban J connectivity index is 2.31. The van der Waals surface area contributed by atoms with Gasteiger partial charge in [0.2, 0.25) is 0 Å². The van der Waals surface area contributed by atoms with Crippen LogP contribution in [0.3, 0.4) is 0 Å². The van der Waals surface area contributed by atoms with E-state index in [0.717, 1.165) is 6.26 Å². The summed E-state index contributed by atoms with van der Waals surface area (Å²) in [6.45, 7) is 0. The van der Waals surface area contributed by atoms with E-state index in [1.807, 2.05) is 0 Å². The second-order valence-corrected chi connectivity index (χ2v) is 7.50. The average molecular weight is 343 g/mol. The minimum atomic E-state index is -3.35. The molecule has 0 spiro atoms. The molecule has 0 saturated heterocycles. The van der Waals surface area contributed by atoms with Crippen LogP contribution in [0.4, 0.5) is 0 Å². The van der Waals surface area contributed by atoms with E-state index < -0.39 is 9.84 Å². The van der Waals surface area contributed by atoms with Crippen molar-refractivity contribution in [2.75, 3.05) is 6.26 Å². The van der Waals surface area contributed by atoms with Crippen molar-refractivity contribution in [2.24, 2.45) is 0 Å². The second kappa shape index (κ2) is 6.18. The first-order valence-corrected chi connectivity index (χ1v) is 8.69. The number of carbonyl (C=O) groups excluding carboxylic acids is 1. The zero-order valence-corrected chi connectivity index (χ0v) is 13.5. The van der Waals surface area contributed by atoms with Gasteiger partial charge < -0.3 is 0 Å². The van der Waals surface area contributed by atoms with E-state index in [-0.39, 0.29) is 17.1 Å². The zero-order chi connectivity index (χ0) is 15.6. The first-order valence-electron chi connectivity index (χ1n) is 6.04. The lowest BCUT2D eigenvalue weighted by molar-refractivity contribution is 0.0993. The lowest BCUT2D eigenvalue weighted by Crippen LogP contribution is -2.06. The Morgan fingerprint density at radius 2 is 1.81 bits per heavy atom. The quantitative estimate of drug-likeness (QED) is 0.793. The Morgan fingerprint density at radius 1 is 1.10 bits per heavy atom. The zero-order valence-electron chi connectivity index (χ0n) is 11.1. The van der Waals surface area contributed by atoms with Crippen LogP contribution >= 0.6 is 23.2 Å². The molecular weight excluding hydrogens is 331 g/mol. The molecule has 0 aliphatic heterocycles. The molecule has 0 radical (unpaired) electrons. The van der Waals surface area contributed by atoms with Crippen molar-refractivity contribution >= 4 is 38.8 Å². The summed E-state index contributed by atoms with van der Waals surface area (Å²) in [5.41, 5.74) is 0.938. The molecule has 2 rings (SSSR count). The van der Waals surface area contributed by atoms with Crippen LogP contribution in [0.25, 0.3) is 0 Å². The molecule has 2 aromatic carbocycles. The van der Waals surface area contributed by atoms with Gasteiger partial charge in [0.1, 0.15) is 0 Å². The summed E-state index contributed by atoms with van der Waals surface area (Å²) in [6, 6.07) is 10.8. The Labute approximate surface area is 133 Å². The number of rotatable bonds is 4. The van der Waals surface area contributed by atoms with E-state index >= 15 is 0 Å². The van der Waals surface area contributed by atoms with Crippen LogP contribution in [0.1, 0.15) is 15.9 Å². The van der Waals surface area contributed by atoms with Gasteiger partial charge in [-0.2, -0.15) is 0 Å². The highest BCUT2D eigenvalue weighted by atomic mass is 35.5. The van der Waals surface area contributed by atoms with E-state index in [1.165, 1.54) is 12.1 Å². The summed E-state index contributed by atoms with van der Waals surface area (Å²) < 4.78 is 23.0. The van der Waals surface area contributed by atoms with Crippen LogP contribution in [-0.2, 0) is 16.3 Å². The van der Waals surface area contributed by atoms with Gasteiger partial charge in [0.05, 0.1) is 4.90 Å². The monoisotopic (exact) mass is 342 g/mol. The first-order chi connectivity index (χ1) is 9.77. The van der Waals surface area contributed by atoms with Gasteiger partial charge in [-0.25, -0.2) is 8.42 Å². The van der Waals surface area contributed by atoms with Crippen molar-refractivity contribution < 1.29 is 13.2 Å². The fourth-order valence-corrected chi connectivity index (χ4v) is 2.90. The molecule has 6 heteroatoms. The molecule has 0 atom stereocenters. The molecule has 0 unspecified atom stereocenters. The highest BCUT2D eigenvalue weighted by Crippen LogP contribution is 2.22. The van der Waals surface area contributed by atoms with E-state index in [9.17, 15) is 13.2 Å². The Morgan fingerprint density at radius 3 is 2.48 bits per heavy atom. The van der Waals surface area contributed by atoms with Gasteiger partial charge >= 0.3 is 0 Å². The van der Waals surface area contributed by atoms with Crippen molar-refractivity contribution in [3.8, 4) is 0 Å². The number of ketones is 1. The molecule has 0 fully saturated rings. The minimum Gasteiger partial charge on any atom is -0.294 e. The predicted molar refractivity (Wildman–Crippen MR) is 84.0 cm³/mol. The Kier molecular flexibility index (Phi) is 4.71. The van der Waals surface area contributed by atoms with Gasteiger partial charge in [-0.15, -0.1) is 0 Å². The molecule has 2 aromatic rings.